The first-order valence-electron chi connectivity index (χ1n) is 42.3. The van der Waals surface area contributed by atoms with Crippen LogP contribution >= 0.6 is 0 Å². The third-order valence-electron chi connectivity index (χ3n) is 35.5. The van der Waals surface area contributed by atoms with E-state index in [1.807, 2.05) is 18.2 Å². The van der Waals surface area contributed by atoms with Crippen molar-refractivity contribution in [2.75, 3.05) is 6.61 Å². The number of aryl methyl sites for hydroxylation is 1. The first kappa shape index (κ1) is 81.9. The van der Waals surface area contributed by atoms with Crippen LogP contribution in [-0.4, -0.2) is 45.0 Å². The van der Waals surface area contributed by atoms with Crippen molar-refractivity contribution in [1.82, 2.24) is 0 Å². The number of rotatable bonds is 1. The molecule has 0 saturated heterocycles. The van der Waals surface area contributed by atoms with Gasteiger partial charge in [0.15, 0.2) is 5.78 Å². The minimum Gasteiger partial charge on any atom is -0.512 e. The molecule has 24 atom stereocenters. The Morgan fingerprint density at radius 3 is 1.19 bits per heavy atom. The molecule has 5 nitrogen and oxygen atoms in total. The molecule has 0 heterocycles. The minimum absolute atomic E-state index is 0. The molecule has 11 saturated carbocycles. The number of Topliss-reactive ketones (excluding diaryl/α,β-unsaturated/α-hetero) is 1. The van der Waals surface area contributed by atoms with Gasteiger partial charge in [-0.05, 0) is 368 Å². The van der Waals surface area contributed by atoms with E-state index in [1.165, 1.54) is 66.4 Å². The molecular formula is C95H136AcF4O5. The maximum Gasteiger partial charge on any atom is 0.158 e. The second-order valence-electron chi connectivity index (χ2n) is 39.5. The topological polar surface area (TPSA) is 98.0 Å². The van der Waals surface area contributed by atoms with Gasteiger partial charge in [-0.15, -0.1) is 0 Å². The molecule has 1 radical (unpaired) electrons. The van der Waals surface area contributed by atoms with Gasteiger partial charge in [0.05, 0.1) is 42.1 Å². The molecular weight excluding hydrogens is 1520 g/mol. The van der Waals surface area contributed by atoms with Gasteiger partial charge in [-0.25, -0.2) is 17.6 Å². The maximum atomic E-state index is 14.3. The third-order valence-corrected chi connectivity index (χ3v) is 35.5. The van der Waals surface area contributed by atoms with Crippen molar-refractivity contribution in [3.05, 3.63) is 139 Å². The number of fused-ring (bicyclic) bond motifs is 20. The fourth-order valence-electron chi connectivity index (χ4n) is 29.8. The average molecular weight is 1660 g/mol. The Balaban J connectivity index is 0.000000127. The van der Waals surface area contributed by atoms with Crippen LogP contribution in [0.3, 0.4) is 0 Å². The summed E-state index contributed by atoms with van der Waals surface area (Å²) in [6, 6.07) is 10.3. The fourth-order valence-corrected chi connectivity index (χ4v) is 29.8. The predicted octanol–water partition coefficient (Wildman–Crippen LogP) is 25.4. The van der Waals surface area contributed by atoms with Crippen molar-refractivity contribution in [3.8, 4) is 0 Å². The van der Waals surface area contributed by atoms with E-state index in [1.54, 1.807) is 20.8 Å². The molecule has 0 aromatic heterocycles. The molecule has 0 amide bonds. The van der Waals surface area contributed by atoms with E-state index >= 15 is 0 Å². The number of allylic oxidation sites excluding steroid dienone is 14. The Morgan fingerprint density at radius 1 is 0.419 bits per heavy atom. The Bertz CT molecular complexity index is 3760. The number of hydrogen-bond donors (Lipinski definition) is 4. The van der Waals surface area contributed by atoms with Gasteiger partial charge in [-0.3, -0.25) is 4.79 Å². The van der Waals surface area contributed by atoms with Gasteiger partial charge in [-0.1, -0.05) is 140 Å². The molecule has 4 N–H and O–H groups in total. The molecule has 1 aromatic rings. The van der Waals surface area contributed by atoms with Crippen LogP contribution in [-0.2, 0) is 4.79 Å². The third kappa shape index (κ3) is 13.6. The van der Waals surface area contributed by atoms with Gasteiger partial charge >= 0.3 is 0 Å². The normalized spacial score (nSPS) is 46.4. The van der Waals surface area contributed by atoms with E-state index in [0.717, 1.165) is 193 Å². The van der Waals surface area contributed by atoms with Crippen LogP contribution in [0.25, 0.3) is 0 Å². The van der Waals surface area contributed by atoms with Crippen molar-refractivity contribution >= 4 is 5.78 Å². The Kier molecular flexibility index (Phi) is 23.9. The van der Waals surface area contributed by atoms with E-state index in [0.29, 0.717) is 76.6 Å². The summed E-state index contributed by atoms with van der Waals surface area (Å²) in [6.45, 7) is 34.2. The molecule has 0 bridgehead atoms. The molecule has 10 heteroatoms. The molecule has 1 aromatic carbocycles. The van der Waals surface area contributed by atoms with Crippen LogP contribution in [0.15, 0.2) is 133 Å². The fraction of sp³-hybridized carbons (Fsp3) is 0.737. The zero-order chi connectivity index (χ0) is 74.9. The van der Waals surface area contributed by atoms with E-state index in [2.05, 4.69) is 120 Å². The number of hydrogen-bond acceptors (Lipinski definition) is 5. The maximum absolute atomic E-state index is 14.3. The standard InChI is InChI=1S/C22H33FO2.C22H33FO.2C22H31FO.C7H8.Ac/c1-13-15-5-4-14-16-6-7-18(19(23)12-24)22(16,3)10-8-17(14)21(15,2)11-9-20(13)25;3*1-13-16-6-5-15-18-8-7-17(14(2)23)22(18,4)11-9-19(15)21(16,3)12-10-20(13)24;1-7-5-3-2-4-6-7;/h5,13-14,16-17,20,24-25H,4,6-12H2,1-3H3;6,13,15,18-20,24H,5,7-12H2,1-4H3;15,18-19H,5-12H2,1-4H3;6,15,18-19,24H,5,7-12H2,1-4H3;2-6H,1H3;/t;13?,15?,18?,19?,20?,21-,22+;15?,18?,19?,21-,22+;;;/m.00.../s1. The smallest absolute Gasteiger partial charge is 0.158 e. The monoisotopic (exact) mass is 1660 g/mol. The Hall–Kier alpha value is -2.61. The number of aliphatic hydroxyl groups excluding tert-OH is 4. The van der Waals surface area contributed by atoms with Crippen molar-refractivity contribution in [2.24, 2.45) is 126 Å². The van der Waals surface area contributed by atoms with Gasteiger partial charge in [0.1, 0.15) is 5.83 Å². The van der Waals surface area contributed by atoms with Gasteiger partial charge in [-0.2, -0.15) is 0 Å². The number of carbonyl (C=O) groups excluding carboxylic acids is 1. The first-order chi connectivity index (χ1) is 49.1. The molecule has 105 heavy (non-hydrogen) atoms. The van der Waals surface area contributed by atoms with Crippen molar-refractivity contribution in [2.45, 2.75) is 309 Å². The number of ketones is 1. The number of halogens is 4. The summed E-state index contributed by atoms with van der Waals surface area (Å²) in [6.07, 6.45) is 37.8. The van der Waals surface area contributed by atoms with Crippen molar-refractivity contribution in [3.63, 3.8) is 0 Å². The number of benzene rings is 1. The van der Waals surface area contributed by atoms with Crippen LogP contribution in [0, 0.1) is 177 Å². The predicted molar refractivity (Wildman–Crippen MR) is 416 cm³/mol. The van der Waals surface area contributed by atoms with Gasteiger partial charge in [0.25, 0.3) is 0 Å². The zero-order valence-corrected chi connectivity index (χ0v) is 72.6. The molecule has 0 aliphatic heterocycles. The summed E-state index contributed by atoms with van der Waals surface area (Å²) in [5.41, 5.74) is 14.8. The molecule has 0 spiro atoms. The van der Waals surface area contributed by atoms with Crippen molar-refractivity contribution < 1.29 is 86.8 Å². The number of carbonyl (C=O) groups is 1. The first-order valence-corrected chi connectivity index (χ1v) is 42.3. The summed E-state index contributed by atoms with van der Waals surface area (Å²) < 4.78 is 56.7. The summed E-state index contributed by atoms with van der Waals surface area (Å²) in [5.74, 6) is 9.51. The Morgan fingerprint density at radius 2 is 0.781 bits per heavy atom. The quantitative estimate of drug-likeness (QED) is 0.166. The van der Waals surface area contributed by atoms with Gasteiger partial charge in [0, 0.05) is 68.7 Å². The summed E-state index contributed by atoms with van der Waals surface area (Å²) >= 11 is 0. The SMILES string of the molecule is CC(F)=C1CCC2C3CC=C4C(C)=C(O)CCC4(C)C3CCC12C.CC(F)=C1CCC2C3CC=C4C(C)C(O)CC[C@]4(C)C3CC[C@]12C.CC(F)=C1CCC2C3CCC4=C(C)C(=O)CC[C@]4(C)C3CC[C@]12C.CC1C2=CCC3C(CCC4(C)C(=C(F)CO)CCC34)C2(C)CCC1O.Cc1ccccc1.[Ac]. The average Bonchev–Trinajstić information content (AvgIpc) is 1.71. The van der Waals surface area contributed by atoms with E-state index in [4.69, 9.17) is 0 Å². The van der Waals surface area contributed by atoms with E-state index in [9.17, 15) is 42.8 Å². The summed E-state index contributed by atoms with van der Waals surface area (Å²) in [7, 11) is 0. The van der Waals surface area contributed by atoms with Gasteiger partial charge < -0.3 is 20.4 Å². The number of aliphatic hydroxyl groups is 4. The second kappa shape index (κ2) is 30.7. The van der Waals surface area contributed by atoms with E-state index < -0.39 is 6.61 Å². The Labute approximate surface area is 668 Å². The van der Waals surface area contributed by atoms with Gasteiger partial charge in [0.2, 0.25) is 0 Å². The van der Waals surface area contributed by atoms with E-state index in [-0.39, 0.29) is 129 Å². The zero-order valence-electron chi connectivity index (χ0n) is 67.9. The summed E-state index contributed by atoms with van der Waals surface area (Å²) in [4.78, 5) is 12.2. The van der Waals surface area contributed by atoms with Crippen LogP contribution in [0.1, 0.15) is 296 Å². The molecule has 16 aliphatic rings. The molecule has 577 valence electrons. The van der Waals surface area contributed by atoms with Crippen LogP contribution in [0.5, 0.6) is 0 Å². The second-order valence-corrected chi connectivity index (χ2v) is 39.5. The van der Waals surface area contributed by atoms with Crippen LogP contribution in [0.4, 0.5) is 17.6 Å². The molecule has 20 unspecified atom stereocenters. The summed E-state index contributed by atoms with van der Waals surface area (Å²) in [5, 5.41) is 40.2. The van der Waals surface area contributed by atoms with Crippen molar-refractivity contribution in [1.29, 1.82) is 0 Å². The van der Waals surface area contributed by atoms with Crippen LogP contribution in [0.2, 0.25) is 0 Å². The largest absolute Gasteiger partial charge is 0.512 e. The minimum atomic E-state index is -0.442. The molecule has 17 rings (SSSR count). The van der Waals surface area contributed by atoms with Crippen LogP contribution < -0.4 is 0 Å². The molecule has 11 fully saturated rings. The molecule has 16 aliphatic carbocycles.